The molecule has 7 nitrogen and oxygen atoms in total. The summed E-state index contributed by atoms with van der Waals surface area (Å²) in [6.07, 6.45) is 7.80. The first kappa shape index (κ1) is 18.5. The summed E-state index contributed by atoms with van der Waals surface area (Å²) in [7, 11) is 0. The van der Waals surface area contributed by atoms with Crippen LogP contribution >= 0.6 is 0 Å². The van der Waals surface area contributed by atoms with Gasteiger partial charge in [0, 0.05) is 13.0 Å². The van der Waals surface area contributed by atoms with Gasteiger partial charge in [-0.25, -0.2) is 14.6 Å². The molecule has 1 aliphatic carbocycles. The third kappa shape index (κ3) is 3.58. The van der Waals surface area contributed by atoms with Crippen molar-refractivity contribution in [1.82, 2.24) is 30.0 Å². The van der Waals surface area contributed by atoms with E-state index in [2.05, 4.69) is 20.4 Å². The molecule has 0 unspecified atom stereocenters. The third-order valence-electron chi connectivity index (χ3n) is 6.06. The van der Waals surface area contributed by atoms with Crippen molar-refractivity contribution in [3.05, 3.63) is 72.6 Å². The number of benzene rings is 2. The van der Waals surface area contributed by atoms with Crippen molar-refractivity contribution in [1.29, 1.82) is 0 Å². The number of hydrogen-bond donors (Lipinski definition) is 2. The van der Waals surface area contributed by atoms with Crippen molar-refractivity contribution in [2.45, 2.75) is 38.6 Å². The summed E-state index contributed by atoms with van der Waals surface area (Å²) < 4.78 is 1.71. The average molecular weight is 400 g/mol. The molecule has 1 aliphatic rings. The van der Waals surface area contributed by atoms with E-state index in [9.17, 15) is 4.79 Å². The number of fused-ring (bicyclic) bond motifs is 1. The van der Waals surface area contributed by atoms with Gasteiger partial charge in [-0.05, 0) is 42.7 Å². The number of carbonyl (C=O) groups excluding carboxylic acids is 1. The van der Waals surface area contributed by atoms with Crippen LogP contribution in [0.15, 0.2) is 61.2 Å². The van der Waals surface area contributed by atoms with Gasteiger partial charge in [-0.15, -0.1) is 0 Å². The highest BCUT2D eigenvalue weighted by molar-refractivity contribution is 5.83. The van der Waals surface area contributed by atoms with Crippen LogP contribution in [0.1, 0.15) is 37.1 Å². The maximum Gasteiger partial charge on any atom is 0.226 e. The molecular weight excluding hydrogens is 376 g/mol. The zero-order chi connectivity index (χ0) is 20.4. The lowest BCUT2D eigenvalue weighted by atomic mass is 9.81. The number of carbonyl (C=O) groups is 1. The van der Waals surface area contributed by atoms with Gasteiger partial charge in [-0.2, -0.15) is 5.10 Å². The van der Waals surface area contributed by atoms with Gasteiger partial charge < -0.3 is 10.3 Å². The number of nitrogens with zero attached hydrogens (tertiary/aromatic N) is 4. The Balaban J connectivity index is 1.28. The van der Waals surface area contributed by atoms with Crippen LogP contribution in [0.2, 0.25) is 0 Å². The van der Waals surface area contributed by atoms with E-state index in [0.717, 1.165) is 53.8 Å². The summed E-state index contributed by atoms with van der Waals surface area (Å²) >= 11 is 0. The molecule has 4 aromatic rings. The zero-order valence-electron chi connectivity index (χ0n) is 16.7. The number of rotatable bonds is 6. The van der Waals surface area contributed by atoms with Gasteiger partial charge >= 0.3 is 0 Å². The van der Waals surface area contributed by atoms with Crippen LogP contribution in [-0.4, -0.2) is 30.6 Å². The molecule has 1 fully saturated rings. The maximum absolute atomic E-state index is 13.2. The molecule has 0 radical (unpaired) electrons. The minimum absolute atomic E-state index is 0.126. The quantitative estimate of drug-likeness (QED) is 0.518. The van der Waals surface area contributed by atoms with Crippen molar-refractivity contribution in [2.75, 3.05) is 0 Å². The number of aromatic nitrogens is 5. The average Bonchev–Trinajstić information content (AvgIpc) is 3.53. The van der Waals surface area contributed by atoms with Crippen LogP contribution in [-0.2, 0) is 17.8 Å². The second kappa shape index (κ2) is 7.74. The summed E-state index contributed by atoms with van der Waals surface area (Å²) in [6, 6.07) is 16.0. The van der Waals surface area contributed by atoms with E-state index < -0.39 is 0 Å². The van der Waals surface area contributed by atoms with E-state index in [1.807, 2.05) is 48.5 Å². The van der Waals surface area contributed by atoms with E-state index in [1.54, 1.807) is 11.0 Å². The molecule has 0 saturated heterocycles. The number of aromatic amines is 1. The van der Waals surface area contributed by atoms with Gasteiger partial charge in [-0.3, -0.25) is 4.79 Å². The molecule has 5 rings (SSSR count). The third-order valence-corrected chi connectivity index (χ3v) is 6.06. The first-order valence-electron chi connectivity index (χ1n) is 10.4. The number of H-pyrrole nitrogens is 1. The SMILES string of the molecule is O=C(NCc1ccc(-n2cncn2)cc1)C1(Cc2nc3ccccc3[nH]2)CCCC1. The second-order valence-corrected chi connectivity index (χ2v) is 8.05. The Morgan fingerprint density at radius 1 is 1.10 bits per heavy atom. The molecular formula is C23H24N6O. The predicted octanol–water partition coefficient (Wildman–Crippen LogP) is 3.56. The topological polar surface area (TPSA) is 88.5 Å². The van der Waals surface area contributed by atoms with Gasteiger partial charge in [0.05, 0.1) is 22.1 Å². The normalized spacial score (nSPS) is 15.5. The molecule has 30 heavy (non-hydrogen) atoms. The molecule has 2 N–H and O–H groups in total. The van der Waals surface area contributed by atoms with E-state index in [1.165, 1.54) is 6.33 Å². The van der Waals surface area contributed by atoms with Gasteiger partial charge in [0.1, 0.15) is 18.5 Å². The summed E-state index contributed by atoms with van der Waals surface area (Å²) in [6.45, 7) is 0.512. The summed E-state index contributed by atoms with van der Waals surface area (Å²) in [5, 5.41) is 7.31. The minimum Gasteiger partial charge on any atom is -0.352 e. The standard InChI is InChI=1S/C23H24N6O/c30-22(25-14-17-7-9-18(10-8-17)29-16-24-15-26-29)23(11-3-4-12-23)13-21-27-19-5-1-2-6-20(19)28-21/h1-2,5-10,15-16H,3-4,11-14H2,(H,25,30)(H,27,28). The van der Waals surface area contributed by atoms with Gasteiger partial charge in [-0.1, -0.05) is 37.1 Å². The maximum atomic E-state index is 13.2. The molecule has 0 atom stereocenters. The fourth-order valence-electron chi connectivity index (χ4n) is 4.42. The molecule has 7 heteroatoms. The van der Waals surface area contributed by atoms with Crippen molar-refractivity contribution in [3.8, 4) is 5.69 Å². The van der Waals surface area contributed by atoms with E-state index in [4.69, 9.17) is 4.98 Å². The van der Waals surface area contributed by atoms with Gasteiger partial charge in [0.2, 0.25) is 5.91 Å². The molecule has 0 bridgehead atoms. The molecule has 1 saturated carbocycles. The Morgan fingerprint density at radius 3 is 2.63 bits per heavy atom. The van der Waals surface area contributed by atoms with Gasteiger partial charge in [0.25, 0.3) is 0 Å². The smallest absolute Gasteiger partial charge is 0.226 e. The lowest BCUT2D eigenvalue weighted by Gasteiger charge is -2.27. The fraction of sp³-hybridized carbons (Fsp3) is 0.304. The van der Waals surface area contributed by atoms with E-state index >= 15 is 0 Å². The highest BCUT2D eigenvalue weighted by Gasteiger charge is 2.41. The first-order valence-corrected chi connectivity index (χ1v) is 10.4. The molecule has 2 heterocycles. The Kier molecular flexibility index (Phi) is 4.78. The molecule has 152 valence electrons. The Labute approximate surface area is 174 Å². The zero-order valence-corrected chi connectivity index (χ0v) is 16.7. The monoisotopic (exact) mass is 400 g/mol. The van der Waals surface area contributed by atoms with Crippen LogP contribution in [0.5, 0.6) is 0 Å². The fourth-order valence-corrected chi connectivity index (χ4v) is 4.42. The molecule has 2 aromatic heterocycles. The Hall–Kier alpha value is -3.48. The largest absolute Gasteiger partial charge is 0.352 e. The summed E-state index contributed by atoms with van der Waals surface area (Å²) in [5.41, 5.74) is 3.60. The molecule has 0 aliphatic heterocycles. The Bertz CT molecular complexity index is 1110. The number of amides is 1. The van der Waals surface area contributed by atoms with Crippen LogP contribution in [0.4, 0.5) is 0 Å². The highest BCUT2D eigenvalue weighted by Crippen LogP contribution is 2.41. The highest BCUT2D eigenvalue weighted by atomic mass is 16.2. The predicted molar refractivity (Wildman–Crippen MR) is 114 cm³/mol. The van der Waals surface area contributed by atoms with Crippen molar-refractivity contribution in [3.63, 3.8) is 0 Å². The minimum atomic E-state index is -0.380. The van der Waals surface area contributed by atoms with Crippen LogP contribution < -0.4 is 5.32 Å². The second-order valence-electron chi connectivity index (χ2n) is 8.05. The number of para-hydroxylation sites is 2. The number of hydrogen-bond acceptors (Lipinski definition) is 4. The van der Waals surface area contributed by atoms with E-state index in [-0.39, 0.29) is 11.3 Å². The number of nitrogens with one attached hydrogen (secondary N) is 2. The Morgan fingerprint density at radius 2 is 1.90 bits per heavy atom. The van der Waals surface area contributed by atoms with Gasteiger partial charge in [0.15, 0.2) is 0 Å². The molecule has 0 spiro atoms. The summed E-state index contributed by atoms with van der Waals surface area (Å²) in [4.78, 5) is 25.3. The molecule has 1 amide bonds. The van der Waals surface area contributed by atoms with Crippen molar-refractivity contribution >= 4 is 16.9 Å². The van der Waals surface area contributed by atoms with Crippen molar-refractivity contribution in [2.24, 2.45) is 5.41 Å². The molecule has 2 aromatic carbocycles. The lowest BCUT2D eigenvalue weighted by molar-refractivity contribution is -0.131. The van der Waals surface area contributed by atoms with Crippen LogP contribution in [0, 0.1) is 5.41 Å². The number of imidazole rings is 1. The summed E-state index contributed by atoms with van der Waals surface area (Å²) in [5.74, 6) is 1.02. The van der Waals surface area contributed by atoms with Crippen LogP contribution in [0.25, 0.3) is 16.7 Å². The van der Waals surface area contributed by atoms with Crippen LogP contribution in [0.3, 0.4) is 0 Å². The first-order chi connectivity index (χ1) is 14.7. The van der Waals surface area contributed by atoms with E-state index in [0.29, 0.717) is 13.0 Å². The lowest BCUT2D eigenvalue weighted by Crippen LogP contribution is -2.40. The van der Waals surface area contributed by atoms with Crippen molar-refractivity contribution < 1.29 is 4.79 Å².